The van der Waals surface area contributed by atoms with Crippen LogP contribution in [0.2, 0.25) is 0 Å². The van der Waals surface area contributed by atoms with Crippen LogP contribution in [0.1, 0.15) is 39.4 Å². The van der Waals surface area contributed by atoms with E-state index in [9.17, 15) is 0 Å². The Labute approximate surface area is 108 Å². The molecule has 98 valence electrons. The van der Waals surface area contributed by atoms with Gasteiger partial charge in [0.05, 0.1) is 11.7 Å². The zero-order valence-corrected chi connectivity index (χ0v) is 11.5. The molecular formula is C14H22N4. The van der Waals surface area contributed by atoms with E-state index < -0.39 is 0 Å². The number of aromatic nitrogens is 3. The Kier molecular flexibility index (Phi) is 3.66. The summed E-state index contributed by atoms with van der Waals surface area (Å²) >= 11 is 0. The summed E-state index contributed by atoms with van der Waals surface area (Å²) in [4.78, 5) is 8.82. The van der Waals surface area contributed by atoms with Gasteiger partial charge in [0, 0.05) is 24.7 Å². The fourth-order valence-corrected chi connectivity index (χ4v) is 2.13. The van der Waals surface area contributed by atoms with Crippen molar-refractivity contribution in [3.05, 3.63) is 24.3 Å². The molecule has 0 atom stereocenters. The van der Waals surface area contributed by atoms with Crippen molar-refractivity contribution >= 4 is 11.0 Å². The molecule has 0 aliphatic heterocycles. The second-order valence-corrected chi connectivity index (χ2v) is 5.53. The number of nitrogens with zero attached hydrogens (tertiary/aromatic N) is 3. The fourth-order valence-electron chi connectivity index (χ4n) is 2.13. The number of nitrogens with two attached hydrogens (primary N) is 1. The Morgan fingerprint density at radius 1 is 1.39 bits per heavy atom. The molecule has 0 radical (unpaired) electrons. The molecule has 0 aromatic carbocycles. The average Bonchev–Trinajstić information content (AvgIpc) is 2.65. The van der Waals surface area contributed by atoms with E-state index in [0.29, 0.717) is 0 Å². The number of aryl methyl sites for hydroxylation is 2. The minimum Gasteiger partial charge on any atom is -0.328 e. The maximum absolute atomic E-state index is 6.05. The molecule has 0 fully saturated rings. The monoisotopic (exact) mass is 246 g/mol. The van der Waals surface area contributed by atoms with Gasteiger partial charge in [0.25, 0.3) is 0 Å². The summed E-state index contributed by atoms with van der Waals surface area (Å²) in [5, 5.41) is 0. The van der Waals surface area contributed by atoms with Crippen LogP contribution in [-0.2, 0) is 13.0 Å². The topological polar surface area (TPSA) is 56.7 Å². The van der Waals surface area contributed by atoms with Crippen LogP contribution in [0.15, 0.2) is 18.5 Å². The van der Waals surface area contributed by atoms with Gasteiger partial charge < -0.3 is 10.3 Å². The zero-order chi connectivity index (χ0) is 13.2. The maximum atomic E-state index is 6.05. The number of hydrogen-bond acceptors (Lipinski definition) is 3. The van der Waals surface area contributed by atoms with Crippen LogP contribution in [0.4, 0.5) is 0 Å². The van der Waals surface area contributed by atoms with Crippen LogP contribution in [-0.4, -0.2) is 20.1 Å². The highest BCUT2D eigenvalue weighted by atomic mass is 15.1. The molecule has 2 rings (SSSR count). The van der Waals surface area contributed by atoms with Crippen LogP contribution in [0.25, 0.3) is 11.0 Å². The van der Waals surface area contributed by atoms with Crippen molar-refractivity contribution in [2.75, 3.05) is 0 Å². The van der Waals surface area contributed by atoms with E-state index >= 15 is 0 Å². The highest BCUT2D eigenvalue weighted by Gasteiger charge is 2.15. The first-order valence-corrected chi connectivity index (χ1v) is 6.59. The lowest BCUT2D eigenvalue weighted by Gasteiger charge is -2.18. The quantitative estimate of drug-likeness (QED) is 0.882. The normalized spacial score (nSPS) is 12.2. The number of pyridine rings is 1. The first-order valence-electron chi connectivity index (χ1n) is 6.59. The molecule has 2 heterocycles. The van der Waals surface area contributed by atoms with Crippen LogP contribution in [0.3, 0.4) is 0 Å². The van der Waals surface area contributed by atoms with Crippen molar-refractivity contribution < 1.29 is 0 Å². The maximum Gasteiger partial charge on any atom is 0.109 e. The van der Waals surface area contributed by atoms with Gasteiger partial charge in [-0.3, -0.25) is 4.98 Å². The predicted molar refractivity (Wildman–Crippen MR) is 74.4 cm³/mol. The van der Waals surface area contributed by atoms with Crippen LogP contribution >= 0.6 is 0 Å². The molecule has 4 nitrogen and oxygen atoms in total. The highest BCUT2D eigenvalue weighted by molar-refractivity contribution is 5.74. The van der Waals surface area contributed by atoms with E-state index in [0.717, 1.165) is 37.1 Å². The van der Waals surface area contributed by atoms with Crippen molar-refractivity contribution in [1.29, 1.82) is 0 Å². The summed E-state index contributed by atoms with van der Waals surface area (Å²) in [5.41, 5.74) is 8.07. The average molecular weight is 246 g/mol. The molecule has 2 aromatic rings. The predicted octanol–water partition coefficient (Wildman–Crippen LogP) is 2.51. The van der Waals surface area contributed by atoms with E-state index in [1.807, 2.05) is 18.5 Å². The lowest BCUT2D eigenvalue weighted by Crippen LogP contribution is -2.32. The van der Waals surface area contributed by atoms with E-state index in [-0.39, 0.29) is 5.54 Å². The highest BCUT2D eigenvalue weighted by Crippen LogP contribution is 2.18. The Hall–Kier alpha value is -1.42. The molecule has 0 saturated heterocycles. The first kappa shape index (κ1) is 13.0. The third-order valence-electron chi connectivity index (χ3n) is 3.07. The molecule has 0 unspecified atom stereocenters. The number of imidazole rings is 1. The van der Waals surface area contributed by atoms with Gasteiger partial charge in [-0.15, -0.1) is 0 Å². The molecule has 4 heteroatoms. The Balaban J connectivity index is 2.33. The van der Waals surface area contributed by atoms with Crippen molar-refractivity contribution in [3.8, 4) is 0 Å². The second-order valence-electron chi connectivity index (χ2n) is 5.53. The Bertz CT molecular complexity index is 522. The van der Waals surface area contributed by atoms with Gasteiger partial charge in [0.2, 0.25) is 0 Å². The lowest BCUT2D eigenvalue weighted by atomic mass is 10.00. The van der Waals surface area contributed by atoms with Gasteiger partial charge in [-0.05, 0) is 32.8 Å². The molecule has 0 saturated carbocycles. The molecular weight excluding hydrogens is 224 g/mol. The van der Waals surface area contributed by atoms with Crippen molar-refractivity contribution in [2.45, 2.75) is 52.1 Å². The van der Waals surface area contributed by atoms with Gasteiger partial charge in [-0.25, -0.2) is 4.98 Å². The SMILES string of the molecule is CCCn1c(CCC(C)(C)N)nc2cnccc21. The molecule has 0 aliphatic rings. The molecule has 0 amide bonds. The molecule has 2 N–H and O–H groups in total. The van der Waals surface area contributed by atoms with E-state index in [1.165, 1.54) is 5.52 Å². The lowest BCUT2D eigenvalue weighted by molar-refractivity contribution is 0.464. The Morgan fingerprint density at radius 2 is 2.17 bits per heavy atom. The second kappa shape index (κ2) is 5.06. The third-order valence-corrected chi connectivity index (χ3v) is 3.07. The summed E-state index contributed by atoms with van der Waals surface area (Å²) in [7, 11) is 0. The van der Waals surface area contributed by atoms with Gasteiger partial charge >= 0.3 is 0 Å². The minimum atomic E-state index is -0.145. The van der Waals surface area contributed by atoms with Gasteiger partial charge in [0.1, 0.15) is 11.3 Å². The zero-order valence-electron chi connectivity index (χ0n) is 11.5. The van der Waals surface area contributed by atoms with Crippen LogP contribution in [0, 0.1) is 0 Å². The van der Waals surface area contributed by atoms with E-state index in [1.54, 1.807) is 0 Å². The summed E-state index contributed by atoms with van der Waals surface area (Å²) in [6, 6.07) is 2.04. The number of fused-ring (bicyclic) bond motifs is 1. The fraction of sp³-hybridized carbons (Fsp3) is 0.571. The van der Waals surface area contributed by atoms with Crippen molar-refractivity contribution in [3.63, 3.8) is 0 Å². The largest absolute Gasteiger partial charge is 0.328 e. The molecule has 0 spiro atoms. The van der Waals surface area contributed by atoms with E-state index in [4.69, 9.17) is 5.73 Å². The summed E-state index contributed by atoms with van der Waals surface area (Å²) in [5.74, 6) is 1.12. The summed E-state index contributed by atoms with van der Waals surface area (Å²) < 4.78 is 2.29. The van der Waals surface area contributed by atoms with Crippen LogP contribution in [0.5, 0.6) is 0 Å². The van der Waals surface area contributed by atoms with Gasteiger partial charge in [-0.2, -0.15) is 0 Å². The Morgan fingerprint density at radius 3 is 2.83 bits per heavy atom. The number of hydrogen-bond donors (Lipinski definition) is 1. The smallest absolute Gasteiger partial charge is 0.109 e. The minimum absolute atomic E-state index is 0.145. The van der Waals surface area contributed by atoms with Crippen molar-refractivity contribution in [1.82, 2.24) is 14.5 Å². The summed E-state index contributed by atoms with van der Waals surface area (Å²) in [6.07, 6.45) is 6.61. The third kappa shape index (κ3) is 2.88. The van der Waals surface area contributed by atoms with Gasteiger partial charge in [-0.1, -0.05) is 6.92 Å². The molecule has 0 bridgehead atoms. The standard InChI is InChI=1S/C14H22N4/c1-4-9-18-12-6-8-16-10-11(12)17-13(18)5-7-14(2,3)15/h6,8,10H,4-5,7,9,15H2,1-3H3. The number of rotatable bonds is 5. The first-order chi connectivity index (χ1) is 8.51. The summed E-state index contributed by atoms with van der Waals surface area (Å²) in [6.45, 7) is 7.30. The molecule has 0 aliphatic carbocycles. The van der Waals surface area contributed by atoms with Gasteiger partial charge in [0.15, 0.2) is 0 Å². The van der Waals surface area contributed by atoms with Crippen LogP contribution < -0.4 is 5.73 Å². The molecule has 18 heavy (non-hydrogen) atoms. The van der Waals surface area contributed by atoms with Crippen molar-refractivity contribution in [2.24, 2.45) is 5.73 Å². The molecule has 2 aromatic heterocycles. The van der Waals surface area contributed by atoms with E-state index in [2.05, 4.69) is 35.3 Å².